The molecule has 21 heavy (non-hydrogen) atoms. The van der Waals surface area contributed by atoms with Crippen molar-refractivity contribution in [3.63, 3.8) is 0 Å². The maximum Gasteiger partial charge on any atom is 0.329 e. The summed E-state index contributed by atoms with van der Waals surface area (Å²) in [5.41, 5.74) is 1.65. The van der Waals surface area contributed by atoms with Gasteiger partial charge < -0.3 is 14.3 Å². The van der Waals surface area contributed by atoms with E-state index in [-0.39, 0.29) is 12.5 Å². The zero-order valence-corrected chi connectivity index (χ0v) is 10.9. The lowest BCUT2D eigenvalue weighted by Crippen LogP contribution is -2.06. The first-order valence-electron chi connectivity index (χ1n) is 6.19. The molecule has 1 aromatic carbocycles. The molecule has 0 bridgehead atoms. The molecule has 2 heterocycles. The van der Waals surface area contributed by atoms with E-state index in [1.807, 2.05) is 30.3 Å². The van der Waals surface area contributed by atoms with Gasteiger partial charge in [0, 0.05) is 17.1 Å². The Morgan fingerprint density at radius 3 is 3.05 bits per heavy atom. The largest absolute Gasteiger partial charge is 0.480 e. The normalized spacial score (nSPS) is 10.9. The molecule has 106 valence electrons. The van der Waals surface area contributed by atoms with E-state index in [1.165, 1.54) is 0 Å². The van der Waals surface area contributed by atoms with E-state index in [1.54, 1.807) is 6.20 Å². The fourth-order valence-corrected chi connectivity index (χ4v) is 1.86. The highest BCUT2D eigenvalue weighted by Gasteiger charge is 2.10. The topological polar surface area (TPSA) is 98.3 Å². The molecule has 1 N–H and O–H groups in total. The number of pyridine rings is 1. The average molecular weight is 285 g/mol. The molecule has 3 rings (SSSR count). The van der Waals surface area contributed by atoms with E-state index >= 15 is 0 Å². The maximum absolute atomic E-state index is 10.3. The number of nitrogens with zero attached hydrogens (tertiary/aromatic N) is 3. The second-order valence-corrected chi connectivity index (χ2v) is 4.30. The van der Waals surface area contributed by atoms with Gasteiger partial charge in [0.05, 0.1) is 5.52 Å². The number of rotatable bonds is 5. The van der Waals surface area contributed by atoms with Gasteiger partial charge in [-0.1, -0.05) is 6.07 Å². The van der Waals surface area contributed by atoms with Crippen LogP contribution in [0.1, 0.15) is 5.89 Å². The summed E-state index contributed by atoms with van der Waals surface area (Å²) in [5, 5.41) is 17.2. The van der Waals surface area contributed by atoms with E-state index in [9.17, 15) is 4.79 Å². The number of aromatic nitrogens is 3. The molecular formula is C14H11N3O4. The molecule has 0 fully saturated rings. The first kappa shape index (κ1) is 13.2. The van der Waals surface area contributed by atoms with Crippen molar-refractivity contribution in [3.05, 3.63) is 42.4 Å². The molecule has 0 aliphatic carbocycles. The highest BCUT2D eigenvalue weighted by molar-refractivity contribution is 5.82. The van der Waals surface area contributed by atoms with Crippen LogP contribution in [-0.2, 0) is 16.1 Å². The highest BCUT2D eigenvalue weighted by Crippen LogP contribution is 2.22. The molecule has 7 heteroatoms. The van der Waals surface area contributed by atoms with Crippen LogP contribution in [-0.4, -0.2) is 32.9 Å². The third-order valence-electron chi connectivity index (χ3n) is 2.77. The Bertz CT molecular complexity index is 784. The molecule has 0 atom stereocenters. The molecule has 3 aromatic rings. The summed E-state index contributed by atoms with van der Waals surface area (Å²) < 4.78 is 10.3. The first-order chi connectivity index (χ1) is 10.2. The third kappa shape index (κ3) is 3.03. The summed E-state index contributed by atoms with van der Waals surface area (Å²) in [6, 6.07) is 9.40. The molecule has 7 nitrogen and oxygen atoms in total. The third-order valence-corrected chi connectivity index (χ3v) is 2.77. The molecule has 0 radical (unpaired) electrons. The van der Waals surface area contributed by atoms with Crippen LogP contribution in [0.4, 0.5) is 0 Å². The molecule has 2 aromatic heterocycles. The van der Waals surface area contributed by atoms with Gasteiger partial charge in [-0.05, 0) is 24.3 Å². The Labute approximate surface area is 119 Å². The summed E-state index contributed by atoms with van der Waals surface area (Å²) >= 11 is 0. The standard InChI is InChI=1S/C14H11N3O4/c18-13(19)8-20-7-12-16-17-14(21-12)10-3-4-11-9(6-10)2-1-5-15-11/h1-6H,7-8H2,(H,18,19). The van der Waals surface area contributed by atoms with Crippen molar-refractivity contribution in [2.24, 2.45) is 0 Å². The average Bonchev–Trinajstić information content (AvgIpc) is 2.95. The Kier molecular flexibility index (Phi) is 3.57. The van der Waals surface area contributed by atoms with E-state index in [0.29, 0.717) is 5.89 Å². The molecule has 0 aliphatic rings. The van der Waals surface area contributed by atoms with Gasteiger partial charge >= 0.3 is 5.97 Å². The van der Waals surface area contributed by atoms with Crippen LogP contribution in [0.2, 0.25) is 0 Å². The minimum atomic E-state index is -1.04. The number of carboxylic acid groups (broad SMARTS) is 1. The molecule has 0 amide bonds. The molecule has 0 unspecified atom stereocenters. The molecule has 0 saturated heterocycles. The van der Waals surface area contributed by atoms with E-state index in [0.717, 1.165) is 16.5 Å². The lowest BCUT2D eigenvalue weighted by Gasteiger charge is -1.99. The van der Waals surface area contributed by atoms with E-state index < -0.39 is 12.6 Å². The number of carboxylic acids is 1. The fraction of sp³-hybridized carbons (Fsp3) is 0.143. The van der Waals surface area contributed by atoms with Crippen LogP contribution < -0.4 is 0 Å². The van der Waals surface area contributed by atoms with Gasteiger partial charge in [0.2, 0.25) is 11.8 Å². The molecule has 0 spiro atoms. The Morgan fingerprint density at radius 1 is 1.29 bits per heavy atom. The van der Waals surface area contributed by atoms with Crippen molar-refractivity contribution in [3.8, 4) is 11.5 Å². The highest BCUT2D eigenvalue weighted by atomic mass is 16.5. The van der Waals surface area contributed by atoms with Crippen molar-refractivity contribution >= 4 is 16.9 Å². The van der Waals surface area contributed by atoms with Crippen molar-refractivity contribution < 1.29 is 19.1 Å². The predicted octanol–water partition coefficient (Wildman–Crippen LogP) is 1.89. The smallest absolute Gasteiger partial charge is 0.329 e. The van der Waals surface area contributed by atoms with Crippen molar-refractivity contribution in [2.75, 3.05) is 6.61 Å². The summed E-state index contributed by atoms with van der Waals surface area (Å²) in [6.45, 7) is -0.437. The van der Waals surface area contributed by atoms with Crippen molar-refractivity contribution in [1.82, 2.24) is 15.2 Å². The fourth-order valence-electron chi connectivity index (χ4n) is 1.86. The van der Waals surface area contributed by atoms with Gasteiger partial charge in [0.25, 0.3) is 0 Å². The Morgan fingerprint density at radius 2 is 2.19 bits per heavy atom. The lowest BCUT2D eigenvalue weighted by molar-refractivity contribution is -0.142. The lowest BCUT2D eigenvalue weighted by atomic mass is 10.1. The minimum absolute atomic E-state index is 0.0333. The summed E-state index contributed by atoms with van der Waals surface area (Å²) in [5.74, 6) is -0.455. The van der Waals surface area contributed by atoms with Crippen molar-refractivity contribution in [2.45, 2.75) is 6.61 Å². The molecular weight excluding hydrogens is 274 g/mol. The van der Waals surface area contributed by atoms with Gasteiger partial charge in [0.15, 0.2) is 0 Å². The zero-order valence-electron chi connectivity index (χ0n) is 10.9. The van der Waals surface area contributed by atoms with Gasteiger partial charge in [-0.2, -0.15) is 0 Å². The number of ether oxygens (including phenoxy) is 1. The molecule has 0 aliphatic heterocycles. The van der Waals surface area contributed by atoms with Crippen LogP contribution >= 0.6 is 0 Å². The maximum atomic E-state index is 10.3. The summed E-state index contributed by atoms with van der Waals surface area (Å²) in [7, 11) is 0. The summed E-state index contributed by atoms with van der Waals surface area (Å²) in [4.78, 5) is 14.6. The zero-order chi connectivity index (χ0) is 14.7. The van der Waals surface area contributed by atoms with Crippen LogP contribution in [0.25, 0.3) is 22.4 Å². The Hall–Kier alpha value is -2.80. The number of hydrogen-bond acceptors (Lipinski definition) is 6. The molecule has 0 saturated carbocycles. The van der Waals surface area contributed by atoms with Gasteiger partial charge in [-0.3, -0.25) is 4.98 Å². The quantitative estimate of drug-likeness (QED) is 0.764. The van der Waals surface area contributed by atoms with Crippen LogP contribution in [0, 0.1) is 0 Å². The second-order valence-electron chi connectivity index (χ2n) is 4.30. The second kappa shape index (κ2) is 5.68. The summed E-state index contributed by atoms with van der Waals surface area (Å²) in [6.07, 6.45) is 1.73. The van der Waals surface area contributed by atoms with Gasteiger partial charge in [0.1, 0.15) is 13.2 Å². The number of carbonyl (C=O) groups is 1. The number of fused-ring (bicyclic) bond motifs is 1. The van der Waals surface area contributed by atoms with E-state index in [2.05, 4.69) is 15.2 Å². The number of aliphatic carboxylic acids is 1. The first-order valence-corrected chi connectivity index (χ1v) is 6.19. The van der Waals surface area contributed by atoms with Crippen LogP contribution in [0.15, 0.2) is 40.9 Å². The minimum Gasteiger partial charge on any atom is -0.480 e. The van der Waals surface area contributed by atoms with E-state index in [4.69, 9.17) is 14.3 Å². The van der Waals surface area contributed by atoms with Gasteiger partial charge in [-0.25, -0.2) is 4.79 Å². The number of hydrogen-bond donors (Lipinski definition) is 1. The predicted molar refractivity (Wildman–Crippen MR) is 72.3 cm³/mol. The van der Waals surface area contributed by atoms with Gasteiger partial charge in [-0.15, -0.1) is 10.2 Å². The Balaban J connectivity index is 1.79. The number of benzene rings is 1. The monoisotopic (exact) mass is 285 g/mol. The van der Waals surface area contributed by atoms with Crippen LogP contribution in [0.3, 0.4) is 0 Å². The SMILES string of the molecule is O=C(O)COCc1nnc(-c2ccc3ncccc3c2)o1. The van der Waals surface area contributed by atoms with Crippen LogP contribution in [0.5, 0.6) is 0 Å². The van der Waals surface area contributed by atoms with Crippen molar-refractivity contribution in [1.29, 1.82) is 0 Å².